The van der Waals surface area contributed by atoms with E-state index in [9.17, 15) is 9.90 Å². The average molecular weight is 324 g/mol. The summed E-state index contributed by atoms with van der Waals surface area (Å²) < 4.78 is 5.99. The first kappa shape index (κ1) is 13.8. The van der Waals surface area contributed by atoms with Crippen LogP contribution < -0.4 is 5.32 Å². The Hall–Kier alpha value is -1.59. The van der Waals surface area contributed by atoms with E-state index < -0.39 is 6.10 Å². The van der Waals surface area contributed by atoms with Gasteiger partial charge in [0.25, 0.3) is 5.91 Å². The van der Waals surface area contributed by atoms with Crippen LogP contribution in [0.25, 0.3) is 0 Å². The highest BCUT2D eigenvalue weighted by Crippen LogP contribution is 2.16. The molecule has 0 aliphatic heterocycles. The van der Waals surface area contributed by atoms with E-state index in [1.54, 1.807) is 18.2 Å². The van der Waals surface area contributed by atoms with Crippen LogP contribution in [0.5, 0.6) is 0 Å². The predicted octanol–water partition coefficient (Wildman–Crippen LogP) is 2.81. The molecule has 0 spiro atoms. The third kappa shape index (κ3) is 3.45. The molecule has 1 amide bonds. The van der Waals surface area contributed by atoms with Crippen LogP contribution in [-0.2, 0) is 0 Å². The molecule has 1 aromatic heterocycles. The van der Waals surface area contributed by atoms with Crippen molar-refractivity contribution < 1.29 is 14.3 Å². The molecule has 0 aliphatic carbocycles. The lowest BCUT2D eigenvalue weighted by atomic mass is 10.1. The van der Waals surface area contributed by atoms with Crippen LogP contribution >= 0.6 is 15.9 Å². The van der Waals surface area contributed by atoms with Crippen molar-refractivity contribution in [3.05, 3.63) is 58.0 Å². The lowest BCUT2D eigenvalue weighted by Crippen LogP contribution is -2.28. The first-order valence-corrected chi connectivity index (χ1v) is 6.63. The molecule has 2 N–H and O–H groups in total. The Morgan fingerprint density at radius 1 is 1.47 bits per heavy atom. The number of hydrogen-bond donors (Lipinski definition) is 2. The summed E-state index contributed by atoms with van der Waals surface area (Å²) in [5, 5.41) is 12.5. The van der Waals surface area contributed by atoms with E-state index in [-0.39, 0.29) is 12.5 Å². The minimum Gasteiger partial charge on any atom is -0.467 e. The van der Waals surface area contributed by atoms with Crippen LogP contribution in [0.3, 0.4) is 0 Å². The van der Waals surface area contributed by atoms with Gasteiger partial charge in [0.2, 0.25) is 0 Å². The highest BCUT2D eigenvalue weighted by atomic mass is 79.9. The fraction of sp³-hybridized carbons (Fsp3) is 0.214. The van der Waals surface area contributed by atoms with E-state index >= 15 is 0 Å². The molecule has 4 nitrogen and oxygen atoms in total. The Morgan fingerprint density at radius 2 is 2.26 bits per heavy atom. The second-order valence-corrected chi connectivity index (χ2v) is 5.12. The second kappa shape index (κ2) is 6.04. The summed E-state index contributed by atoms with van der Waals surface area (Å²) in [4.78, 5) is 12.0. The van der Waals surface area contributed by atoms with Gasteiger partial charge in [-0.2, -0.15) is 0 Å². The van der Waals surface area contributed by atoms with Crippen LogP contribution in [0.1, 0.15) is 27.8 Å². The maximum atomic E-state index is 12.0. The topological polar surface area (TPSA) is 62.5 Å². The maximum absolute atomic E-state index is 12.0. The molecule has 1 atom stereocenters. The number of hydrogen-bond acceptors (Lipinski definition) is 3. The van der Waals surface area contributed by atoms with Crippen molar-refractivity contribution in [2.24, 2.45) is 0 Å². The smallest absolute Gasteiger partial charge is 0.251 e. The summed E-state index contributed by atoms with van der Waals surface area (Å²) >= 11 is 3.35. The minimum absolute atomic E-state index is 0.113. The van der Waals surface area contributed by atoms with Gasteiger partial charge in [0.1, 0.15) is 11.9 Å². The molecule has 19 heavy (non-hydrogen) atoms. The van der Waals surface area contributed by atoms with Crippen LogP contribution in [0.2, 0.25) is 0 Å². The largest absolute Gasteiger partial charge is 0.467 e. The Morgan fingerprint density at radius 3 is 2.89 bits per heavy atom. The number of benzene rings is 1. The van der Waals surface area contributed by atoms with Gasteiger partial charge in [0.15, 0.2) is 0 Å². The predicted molar refractivity (Wildman–Crippen MR) is 74.9 cm³/mol. The fourth-order valence-corrected chi connectivity index (χ4v) is 2.22. The van der Waals surface area contributed by atoms with E-state index in [1.165, 1.54) is 6.26 Å². The lowest BCUT2D eigenvalue weighted by molar-refractivity contribution is 0.0900. The Labute approximate surface area is 119 Å². The Kier molecular flexibility index (Phi) is 4.39. The van der Waals surface area contributed by atoms with Gasteiger partial charge in [-0.05, 0) is 42.8 Å². The Bertz CT molecular complexity index is 566. The molecule has 2 rings (SSSR count). The van der Waals surface area contributed by atoms with Crippen molar-refractivity contribution in [2.45, 2.75) is 13.0 Å². The van der Waals surface area contributed by atoms with Crippen molar-refractivity contribution in [3.63, 3.8) is 0 Å². The van der Waals surface area contributed by atoms with Gasteiger partial charge in [0.05, 0.1) is 12.8 Å². The normalized spacial score (nSPS) is 12.2. The minimum atomic E-state index is -0.838. The van der Waals surface area contributed by atoms with Crippen molar-refractivity contribution in [2.75, 3.05) is 6.54 Å². The monoisotopic (exact) mass is 323 g/mol. The van der Waals surface area contributed by atoms with E-state index in [0.717, 1.165) is 10.0 Å². The standard InChI is InChI=1S/C14H14BrNO3/c1-9-7-10(15)4-5-11(9)14(18)16-8-12(17)13-3-2-6-19-13/h2-7,12,17H,8H2,1H3,(H,16,18). The van der Waals surface area contributed by atoms with E-state index in [1.807, 2.05) is 19.1 Å². The quantitative estimate of drug-likeness (QED) is 0.909. The molecule has 0 saturated carbocycles. The van der Waals surface area contributed by atoms with Gasteiger partial charge < -0.3 is 14.8 Å². The number of halogens is 1. The second-order valence-electron chi connectivity index (χ2n) is 4.20. The molecular weight excluding hydrogens is 310 g/mol. The third-order valence-corrected chi connectivity index (χ3v) is 3.25. The highest BCUT2D eigenvalue weighted by Gasteiger charge is 2.14. The molecule has 1 unspecified atom stereocenters. The zero-order valence-electron chi connectivity index (χ0n) is 10.4. The number of rotatable bonds is 4. The van der Waals surface area contributed by atoms with Gasteiger partial charge in [-0.15, -0.1) is 0 Å². The van der Waals surface area contributed by atoms with Crippen molar-refractivity contribution in [1.29, 1.82) is 0 Å². The maximum Gasteiger partial charge on any atom is 0.251 e. The van der Waals surface area contributed by atoms with Gasteiger partial charge >= 0.3 is 0 Å². The van der Waals surface area contributed by atoms with Crippen molar-refractivity contribution >= 4 is 21.8 Å². The average Bonchev–Trinajstić information content (AvgIpc) is 2.89. The number of furan rings is 1. The molecule has 1 aromatic carbocycles. The molecule has 0 fully saturated rings. The summed E-state index contributed by atoms with van der Waals surface area (Å²) in [6.07, 6.45) is 0.647. The number of amides is 1. The molecule has 0 bridgehead atoms. The SMILES string of the molecule is Cc1cc(Br)ccc1C(=O)NCC(O)c1ccco1. The molecule has 2 aromatic rings. The van der Waals surface area contributed by atoms with Crippen LogP contribution in [-0.4, -0.2) is 17.6 Å². The van der Waals surface area contributed by atoms with Gasteiger partial charge in [-0.25, -0.2) is 0 Å². The first-order valence-electron chi connectivity index (χ1n) is 5.83. The fourth-order valence-electron chi connectivity index (χ4n) is 1.75. The summed E-state index contributed by atoms with van der Waals surface area (Å²) in [7, 11) is 0. The number of aryl methyl sites for hydroxylation is 1. The molecule has 1 heterocycles. The van der Waals surface area contributed by atoms with E-state index in [4.69, 9.17) is 4.42 Å². The number of carbonyl (C=O) groups is 1. The third-order valence-electron chi connectivity index (χ3n) is 2.76. The Balaban J connectivity index is 1.98. The summed E-state index contributed by atoms with van der Waals surface area (Å²) in [5.74, 6) is 0.225. The summed E-state index contributed by atoms with van der Waals surface area (Å²) in [6.45, 7) is 1.98. The van der Waals surface area contributed by atoms with Gasteiger partial charge in [0, 0.05) is 10.0 Å². The van der Waals surface area contributed by atoms with Crippen LogP contribution in [0.4, 0.5) is 0 Å². The molecule has 0 saturated heterocycles. The lowest BCUT2D eigenvalue weighted by Gasteiger charge is -2.11. The zero-order valence-corrected chi connectivity index (χ0v) is 12.0. The first-order chi connectivity index (χ1) is 9.08. The molecule has 100 valence electrons. The number of aliphatic hydroxyl groups excluding tert-OH is 1. The number of nitrogens with one attached hydrogen (secondary N) is 1. The van der Waals surface area contributed by atoms with Crippen molar-refractivity contribution in [3.8, 4) is 0 Å². The van der Waals surface area contributed by atoms with Gasteiger partial charge in [-0.3, -0.25) is 4.79 Å². The molecule has 0 radical (unpaired) electrons. The zero-order chi connectivity index (χ0) is 13.8. The van der Waals surface area contributed by atoms with Crippen molar-refractivity contribution in [1.82, 2.24) is 5.32 Å². The highest BCUT2D eigenvalue weighted by molar-refractivity contribution is 9.10. The van der Waals surface area contributed by atoms with Gasteiger partial charge in [-0.1, -0.05) is 15.9 Å². The number of carbonyl (C=O) groups excluding carboxylic acids is 1. The van der Waals surface area contributed by atoms with Crippen LogP contribution in [0, 0.1) is 6.92 Å². The molecule has 5 heteroatoms. The molecule has 0 aliphatic rings. The molecular formula is C14H14BrNO3. The number of aliphatic hydroxyl groups is 1. The van der Waals surface area contributed by atoms with E-state index in [0.29, 0.717) is 11.3 Å². The van der Waals surface area contributed by atoms with Crippen LogP contribution in [0.15, 0.2) is 45.5 Å². The summed E-state index contributed by atoms with van der Waals surface area (Å²) in [6, 6.07) is 8.79. The van der Waals surface area contributed by atoms with E-state index in [2.05, 4.69) is 21.2 Å². The summed E-state index contributed by atoms with van der Waals surface area (Å²) in [5.41, 5.74) is 1.47.